The Morgan fingerprint density at radius 3 is 2.82 bits per heavy atom. The van der Waals surface area contributed by atoms with E-state index in [0.717, 1.165) is 5.56 Å². The van der Waals surface area contributed by atoms with Crippen LogP contribution in [0.2, 0.25) is 0 Å². The molecule has 0 saturated carbocycles. The lowest BCUT2D eigenvalue weighted by molar-refractivity contribution is -0.123. The van der Waals surface area contributed by atoms with Crippen molar-refractivity contribution >= 4 is 21.8 Å². The van der Waals surface area contributed by atoms with E-state index >= 15 is 0 Å². The summed E-state index contributed by atoms with van der Waals surface area (Å²) in [6.45, 7) is 4.12. The summed E-state index contributed by atoms with van der Waals surface area (Å²) in [6.07, 6.45) is 0. The molecule has 8 heteroatoms. The number of amides is 1. The molecule has 0 fully saturated rings. The summed E-state index contributed by atoms with van der Waals surface area (Å²) in [5.41, 5.74) is 1.33. The van der Waals surface area contributed by atoms with Crippen LogP contribution in [0.15, 0.2) is 34.8 Å². The summed E-state index contributed by atoms with van der Waals surface area (Å²) in [7, 11) is 0. The van der Waals surface area contributed by atoms with E-state index in [9.17, 15) is 4.79 Å². The molecule has 3 rings (SSSR count). The van der Waals surface area contributed by atoms with Crippen LogP contribution in [0.5, 0.6) is 23.0 Å². The Morgan fingerprint density at radius 1 is 1.29 bits per heavy atom. The highest BCUT2D eigenvalue weighted by Crippen LogP contribution is 2.37. The van der Waals surface area contributed by atoms with Crippen molar-refractivity contribution in [2.75, 3.05) is 20.0 Å². The first-order valence-corrected chi connectivity index (χ1v) is 9.49. The van der Waals surface area contributed by atoms with Gasteiger partial charge in [0.05, 0.1) is 28.8 Å². The molecule has 1 aliphatic heterocycles. The third kappa shape index (κ3) is 4.49. The highest BCUT2D eigenvalue weighted by Gasteiger charge is 2.18. The van der Waals surface area contributed by atoms with Gasteiger partial charge in [0.15, 0.2) is 29.6 Å². The second-order valence-electron chi connectivity index (χ2n) is 6.02. The van der Waals surface area contributed by atoms with Crippen LogP contribution >= 0.6 is 15.9 Å². The van der Waals surface area contributed by atoms with Crippen LogP contribution in [-0.4, -0.2) is 25.9 Å². The fourth-order valence-electron chi connectivity index (χ4n) is 2.72. The summed E-state index contributed by atoms with van der Waals surface area (Å²) >= 11 is 3.36. The fourth-order valence-corrected chi connectivity index (χ4v) is 3.28. The number of ether oxygens (including phenoxy) is 4. The van der Waals surface area contributed by atoms with Crippen LogP contribution in [0.3, 0.4) is 0 Å². The largest absolute Gasteiger partial charge is 0.490 e. The zero-order valence-electron chi connectivity index (χ0n) is 15.5. The first-order valence-electron chi connectivity index (χ1n) is 8.70. The number of hydrogen-bond acceptors (Lipinski definition) is 6. The average molecular weight is 447 g/mol. The molecular formula is C20H19BrN2O5. The predicted octanol–water partition coefficient (Wildman–Crippen LogP) is 3.70. The van der Waals surface area contributed by atoms with Crippen molar-refractivity contribution in [3.63, 3.8) is 0 Å². The third-order valence-corrected chi connectivity index (χ3v) is 4.65. The van der Waals surface area contributed by atoms with Crippen molar-refractivity contribution in [1.82, 2.24) is 5.32 Å². The highest BCUT2D eigenvalue weighted by molar-refractivity contribution is 9.10. The first kappa shape index (κ1) is 19.8. The molecular weight excluding hydrogens is 428 g/mol. The highest BCUT2D eigenvalue weighted by atomic mass is 79.9. The second kappa shape index (κ2) is 8.85. The fraction of sp³-hybridized carbons (Fsp3) is 0.300. The topological polar surface area (TPSA) is 89.8 Å². The van der Waals surface area contributed by atoms with E-state index in [-0.39, 0.29) is 25.3 Å². The van der Waals surface area contributed by atoms with Crippen LogP contribution in [0, 0.1) is 11.3 Å². The number of fused-ring (bicyclic) bond motifs is 1. The molecule has 1 heterocycles. The minimum Gasteiger partial charge on any atom is -0.490 e. The zero-order chi connectivity index (χ0) is 20.1. The normalized spacial score (nSPS) is 12.8. The maximum absolute atomic E-state index is 12.3. The first-order chi connectivity index (χ1) is 13.5. The summed E-state index contributed by atoms with van der Waals surface area (Å²) in [5, 5.41) is 12.0. The van der Waals surface area contributed by atoms with Crippen molar-refractivity contribution < 1.29 is 23.7 Å². The lowest BCUT2D eigenvalue weighted by Crippen LogP contribution is -2.31. The molecule has 0 spiro atoms. The summed E-state index contributed by atoms with van der Waals surface area (Å²) in [6, 6.07) is 10.6. The Bertz CT molecular complexity index is 926. The smallest absolute Gasteiger partial charge is 0.258 e. The number of carbonyl (C=O) groups excluding carboxylic acids is 1. The lowest BCUT2D eigenvalue weighted by atomic mass is 10.1. The maximum Gasteiger partial charge on any atom is 0.258 e. The monoisotopic (exact) mass is 446 g/mol. The summed E-state index contributed by atoms with van der Waals surface area (Å²) in [5.74, 6) is 1.86. The molecule has 1 amide bonds. The van der Waals surface area contributed by atoms with Crippen LogP contribution < -0.4 is 24.3 Å². The molecule has 1 N–H and O–H groups in total. The number of benzene rings is 2. The van der Waals surface area contributed by atoms with Gasteiger partial charge < -0.3 is 24.3 Å². The van der Waals surface area contributed by atoms with Crippen molar-refractivity contribution in [2.24, 2.45) is 0 Å². The Kier molecular flexibility index (Phi) is 6.26. The van der Waals surface area contributed by atoms with E-state index in [4.69, 9.17) is 24.2 Å². The summed E-state index contributed by atoms with van der Waals surface area (Å²) < 4.78 is 22.4. The van der Waals surface area contributed by atoms with Crippen LogP contribution in [0.4, 0.5) is 0 Å². The van der Waals surface area contributed by atoms with Gasteiger partial charge in [0, 0.05) is 6.07 Å². The van der Waals surface area contributed by atoms with Gasteiger partial charge in [-0.1, -0.05) is 6.07 Å². The third-order valence-electron chi connectivity index (χ3n) is 4.06. The standard InChI is InChI=1S/C20H19BrN2O5/c1-3-25-18-7-13(9-22)6-15(21)20(18)26-10-19(24)23-12(2)14-4-5-16-17(8-14)28-11-27-16/h4-8,12H,3,10-11H2,1-2H3,(H,23,24). The van der Waals surface area contributed by atoms with Gasteiger partial charge in [0.2, 0.25) is 6.79 Å². The number of carbonyl (C=O) groups is 1. The molecule has 0 radical (unpaired) electrons. The van der Waals surface area contributed by atoms with Gasteiger partial charge >= 0.3 is 0 Å². The van der Waals surface area contributed by atoms with Gasteiger partial charge in [0.25, 0.3) is 5.91 Å². The molecule has 0 saturated heterocycles. The van der Waals surface area contributed by atoms with Gasteiger partial charge in [-0.15, -0.1) is 0 Å². The van der Waals surface area contributed by atoms with Crippen molar-refractivity contribution in [3.05, 3.63) is 45.9 Å². The number of halogens is 1. The second-order valence-corrected chi connectivity index (χ2v) is 6.88. The Hall–Kier alpha value is -2.92. The quantitative estimate of drug-likeness (QED) is 0.696. The molecule has 2 aromatic rings. The van der Waals surface area contributed by atoms with Crippen LogP contribution in [0.25, 0.3) is 0 Å². The molecule has 146 valence electrons. The molecule has 0 aromatic heterocycles. The van der Waals surface area contributed by atoms with E-state index in [1.54, 1.807) is 12.1 Å². The molecule has 1 aliphatic rings. The maximum atomic E-state index is 12.3. The van der Waals surface area contributed by atoms with E-state index in [1.165, 1.54) is 0 Å². The van der Waals surface area contributed by atoms with Crippen molar-refractivity contribution in [1.29, 1.82) is 5.26 Å². The number of nitrogens with one attached hydrogen (secondary N) is 1. The molecule has 7 nitrogen and oxygen atoms in total. The van der Waals surface area contributed by atoms with E-state index in [1.807, 2.05) is 32.0 Å². The molecule has 2 aromatic carbocycles. The average Bonchev–Trinajstić information content (AvgIpc) is 3.15. The molecule has 1 unspecified atom stereocenters. The van der Waals surface area contributed by atoms with E-state index in [0.29, 0.717) is 39.6 Å². The minimum absolute atomic E-state index is 0.195. The number of hydrogen-bond donors (Lipinski definition) is 1. The van der Waals surface area contributed by atoms with Crippen molar-refractivity contribution in [2.45, 2.75) is 19.9 Å². The molecule has 28 heavy (non-hydrogen) atoms. The minimum atomic E-state index is -0.288. The van der Waals surface area contributed by atoms with Crippen LogP contribution in [-0.2, 0) is 4.79 Å². The lowest BCUT2D eigenvalue weighted by Gasteiger charge is -2.17. The Labute approximate surface area is 171 Å². The molecule has 1 atom stereocenters. The van der Waals surface area contributed by atoms with E-state index in [2.05, 4.69) is 27.3 Å². The summed E-state index contributed by atoms with van der Waals surface area (Å²) in [4.78, 5) is 12.3. The predicted molar refractivity (Wildman–Crippen MR) is 105 cm³/mol. The van der Waals surface area contributed by atoms with Gasteiger partial charge in [-0.2, -0.15) is 5.26 Å². The van der Waals surface area contributed by atoms with Gasteiger partial charge in [-0.25, -0.2) is 0 Å². The Morgan fingerprint density at radius 2 is 2.07 bits per heavy atom. The molecule has 0 bridgehead atoms. The zero-order valence-corrected chi connectivity index (χ0v) is 17.0. The number of nitrogens with zero attached hydrogens (tertiary/aromatic N) is 1. The Balaban J connectivity index is 1.63. The van der Waals surface area contributed by atoms with Gasteiger partial charge in [0.1, 0.15) is 0 Å². The van der Waals surface area contributed by atoms with Gasteiger partial charge in [-0.3, -0.25) is 4.79 Å². The number of nitriles is 1. The van der Waals surface area contributed by atoms with Gasteiger partial charge in [-0.05, 0) is 53.5 Å². The van der Waals surface area contributed by atoms with Crippen LogP contribution in [0.1, 0.15) is 31.0 Å². The number of rotatable bonds is 7. The SMILES string of the molecule is CCOc1cc(C#N)cc(Br)c1OCC(=O)NC(C)c1ccc2c(c1)OCO2. The molecule has 0 aliphatic carbocycles. The van der Waals surface area contributed by atoms with E-state index < -0.39 is 0 Å². The van der Waals surface area contributed by atoms with Crippen molar-refractivity contribution in [3.8, 4) is 29.1 Å².